The van der Waals surface area contributed by atoms with E-state index in [0.717, 1.165) is 17.7 Å². The zero-order valence-corrected chi connectivity index (χ0v) is 20.5. The van der Waals surface area contributed by atoms with Crippen LogP contribution in [-0.4, -0.2) is 31.6 Å². The van der Waals surface area contributed by atoms with Crippen molar-refractivity contribution >= 4 is 5.91 Å². The van der Waals surface area contributed by atoms with Gasteiger partial charge in [-0.15, -0.1) is 5.10 Å². The molecule has 0 aliphatic carbocycles. The molecule has 5 rings (SSSR count). The molecule has 4 aromatic rings. The molecule has 0 spiro atoms. The van der Waals surface area contributed by atoms with Crippen molar-refractivity contribution in [3.8, 4) is 17.1 Å². The van der Waals surface area contributed by atoms with E-state index in [0.29, 0.717) is 12.4 Å². The number of aromatic nitrogens is 3. The van der Waals surface area contributed by atoms with Crippen molar-refractivity contribution in [3.63, 3.8) is 0 Å². The van der Waals surface area contributed by atoms with Gasteiger partial charge < -0.3 is 4.90 Å². The second kappa shape index (κ2) is 8.56. The van der Waals surface area contributed by atoms with Crippen molar-refractivity contribution in [1.82, 2.24) is 19.7 Å². The van der Waals surface area contributed by atoms with Crippen molar-refractivity contribution < 1.29 is 4.79 Å². The Bertz CT molecular complexity index is 1330. The van der Waals surface area contributed by atoms with Crippen molar-refractivity contribution in [1.29, 1.82) is 0 Å². The van der Waals surface area contributed by atoms with Gasteiger partial charge >= 0.3 is 0 Å². The Balaban J connectivity index is 1.59. The highest BCUT2D eigenvalue weighted by Crippen LogP contribution is 2.27. The first-order valence-corrected chi connectivity index (χ1v) is 11.8. The molecule has 0 saturated heterocycles. The van der Waals surface area contributed by atoms with Gasteiger partial charge in [-0.3, -0.25) is 4.79 Å². The maximum atomic E-state index is 13.7. The fourth-order valence-electron chi connectivity index (χ4n) is 4.59. The molecule has 0 radical (unpaired) electrons. The number of fused-ring (bicyclic) bond motifs is 1. The minimum absolute atomic E-state index is 0.0843. The van der Waals surface area contributed by atoms with Gasteiger partial charge in [0.15, 0.2) is 5.82 Å². The van der Waals surface area contributed by atoms with Gasteiger partial charge in [0.2, 0.25) is 5.82 Å². The van der Waals surface area contributed by atoms with Crippen LogP contribution in [0.3, 0.4) is 0 Å². The van der Waals surface area contributed by atoms with Crippen LogP contribution in [-0.2, 0) is 13.0 Å². The van der Waals surface area contributed by atoms with Crippen LogP contribution in [0.1, 0.15) is 50.9 Å². The predicted octanol–water partition coefficient (Wildman–Crippen LogP) is 5.75. The maximum Gasteiger partial charge on any atom is 0.294 e. The lowest BCUT2D eigenvalue weighted by molar-refractivity contribution is 0.0645. The Hall–Kier alpha value is -3.73. The zero-order valence-electron chi connectivity index (χ0n) is 20.5. The molecule has 1 amide bonds. The van der Waals surface area contributed by atoms with Crippen LogP contribution in [0.25, 0.3) is 17.1 Å². The van der Waals surface area contributed by atoms with E-state index in [-0.39, 0.29) is 17.8 Å². The molecular weight excluding hydrogens is 420 g/mol. The Morgan fingerprint density at radius 2 is 1.53 bits per heavy atom. The molecule has 3 aromatic carbocycles. The second-order valence-electron chi connectivity index (χ2n) is 9.49. The second-order valence-corrected chi connectivity index (χ2v) is 9.49. The van der Waals surface area contributed by atoms with Crippen LogP contribution in [0.2, 0.25) is 0 Å². The highest BCUT2D eigenvalue weighted by atomic mass is 16.2. The van der Waals surface area contributed by atoms with E-state index >= 15 is 0 Å². The highest BCUT2D eigenvalue weighted by Gasteiger charge is 2.30. The topological polar surface area (TPSA) is 51.0 Å². The molecule has 1 aliphatic heterocycles. The van der Waals surface area contributed by atoms with Crippen LogP contribution < -0.4 is 0 Å². The van der Waals surface area contributed by atoms with Crippen LogP contribution in [0.4, 0.5) is 0 Å². The van der Waals surface area contributed by atoms with Gasteiger partial charge in [-0.25, -0.2) is 9.67 Å². The molecule has 172 valence electrons. The number of nitrogens with zero attached hydrogens (tertiary/aromatic N) is 4. The quantitative estimate of drug-likeness (QED) is 0.399. The van der Waals surface area contributed by atoms with Crippen LogP contribution in [0.5, 0.6) is 0 Å². The van der Waals surface area contributed by atoms with Gasteiger partial charge in [0, 0.05) is 18.2 Å². The third-order valence-corrected chi connectivity index (χ3v) is 7.07. The Kier molecular flexibility index (Phi) is 5.56. The van der Waals surface area contributed by atoms with Crippen LogP contribution >= 0.6 is 0 Å². The van der Waals surface area contributed by atoms with Gasteiger partial charge in [-0.05, 0) is 92.6 Å². The molecule has 0 bridgehead atoms. The molecule has 34 heavy (non-hydrogen) atoms. The fourth-order valence-corrected chi connectivity index (χ4v) is 4.59. The number of benzene rings is 3. The van der Waals surface area contributed by atoms with Crippen molar-refractivity contribution in [2.75, 3.05) is 0 Å². The van der Waals surface area contributed by atoms with Crippen LogP contribution in [0.15, 0.2) is 60.7 Å². The van der Waals surface area contributed by atoms with E-state index in [4.69, 9.17) is 10.1 Å². The van der Waals surface area contributed by atoms with Crippen molar-refractivity contribution in [2.24, 2.45) is 0 Å². The molecule has 0 N–H and O–H groups in total. The Labute approximate surface area is 201 Å². The average molecular weight is 451 g/mol. The van der Waals surface area contributed by atoms with Gasteiger partial charge in [0.25, 0.3) is 5.91 Å². The smallest absolute Gasteiger partial charge is 0.294 e. The highest BCUT2D eigenvalue weighted by molar-refractivity contribution is 5.91. The number of hydrogen-bond acceptors (Lipinski definition) is 3. The number of amides is 1. The first kappa shape index (κ1) is 22.1. The molecule has 0 unspecified atom stereocenters. The first-order chi connectivity index (χ1) is 16.3. The Morgan fingerprint density at radius 1 is 0.853 bits per heavy atom. The summed E-state index contributed by atoms with van der Waals surface area (Å²) in [4.78, 5) is 20.4. The lowest BCUT2D eigenvalue weighted by atomic mass is 9.95. The average Bonchev–Trinajstić information content (AvgIpc) is 3.27. The number of aryl methyl sites for hydroxylation is 4. The fraction of sp³-hybridized carbons (Fsp3) is 0.276. The van der Waals surface area contributed by atoms with E-state index in [1.807, 2.05) is 21.7 Å². The summed E-state index contributed by atoms with van der Waals surface area (Å²) in [5.74, 6) is 0.784. The lowest BCUT2D eigenvalue weighted by Gasteiger charge is -2.34. The van der Waals surface area contributed by atoms with Crippen LogP contribution in [0, 0.1) is 27.7 Å². The van der Waals surface area contributed by atoms with Crippen molar-refractivity contribution in [2.45, 2.75) is 53.6 Å². The number of rotatable bonds is 3. The molecule has 2 heterocycles. The molecule has 5 nitrogen and oxygen atoms in total. The third-order valence-electron chi connectivity index (χ3n) is 7.07. The first-order valence-electron chi connectivity index (χ1n) is 11.8. The molecule has 1 aromatic heterocycles. The van der Waals surface area contributed by atoms with E-state index in [2.05, 4.69) is 83.1 Å². The summed E-state index contributed by atoms with van der Waals surface area (Å²) in [6, 6.07) is 20.9. The maximum absolute atomic E-state index is 13.7. The largest absolute Gasteiger partial charge is 0.328 e. The summed E-state index contributed by atoms with van der Waals surface area (Å²) < 4.78 is 1.81. The molecular formula is C29H30N4O. The van der Waals surface area contributed by atoms with Crippen molar-refractivity contribution in [3.05, 3.63) is 99.9 Å². The predicted molar refractivity (Wildman–Crippen MR) is 135 cm³/mol. The number of hydrogen-bond donors (Lipinski definition) is 0. The molecule has 0 fully saturated rings. The molecule has 1 aliphatic rings. The third kappa shape index (κ3) is 3.92. The van der Waals surface area contributed by atoms with Gasteiger partial charge in [0.05, 0.1) is 5.69 Å². The summed E-state index contributed by atoms with van der Waals surface area (Å²) in [7, 11) is 0. The van der Waals surface area contributed by atoms with E-state index in [1.54, 1.807) is 0 Å². The number of carbonyl (C=O) groups is 1. The summed E-state index contributed by atoms with van der Waals surface area (Å²) in [5, 5.41) is 4.76. The molecule has 5 heteroatoms. The van der Waals surface area contributed by atoms with Gasteiger partial charge in [-0.2, -0.15) is 0 Å². The van der Waals surface area contributed by atoms with Gasteiger partial charge in [-0.1, -0.05) is 42.5 Å². The normalized spacial score (nSPS) is 15.3. The summed E-state index contributed by atoms with van der Waals surface area (Å²) in [6.45, 7) is 11.0. The SMILES string of the molecule is Cc1ccc(-c2nc(C(=O)N3Cc4ccccc4C[C@H]3C)nn2-c2ccc(C)c(C)c2)cc1C. The summed E-state index contributed by atoms with van der Waals surface area (Å²) in [6.07, 6.45) is 0.837. The molecule has 0 saturated carbocycles. The molecule has 1 atom stereocenters. The zero-order chi connectivity index (χ0) is 24.0. The Morgan fingerprint density at radius 3 is 2.24 bits per heavy atom. The standard InChI is InChI=1S/C29H30N4O/c1-18-10-12-24(14-20(18)3)28-30-27(31-33(28)26-13-11-19(2)21(4)15-26)29(34)32-17-25-9-7-6-8-23(25)16-22(32)5/h6-15,22H,16-17H2,1-5H3/t22-/m1/s1. The van der Waals surface area contributed by atoms with E-state index < -0.39 is 0 Å². The number of carbonyl (C=O) groups excluding carboxylic acids is 1. The van der Waals surface area contributed by atoms with E-state index in [1.165, 1.54) is 33.4 Å². The summed E-state index contributed by atoms with van der Waals surface area (Å²) in [5.41, 5.74) is 9.14. The van der Waals surface area contributed by atoms with E-state index in [9.17, 15) is 4.79 Å². The summed E-state index contributed by atoms with van der Waals surface area (Å²) >= 11 is 0. The lowest BCUT2D eigenvalue weighted by Crippen LogP contribution is -2.43. The monoisotopic (exact) mass is 450 g/mol. The van der Waals surface area contributed by atoms with Gasteiger partial charge in [0.1, 0.15) is 0 Å². The minimum atomic E-state index is -0.130. The minimum Gasteiger partial charge on any atom is -0.328 e.